The monoisotopic (exact) mass is 270 g/mol. The van der Waals surface area contributed by atoms with E-state index >= 15 is 0 Å². The van der Waals surface area contributed by atoms with Crippen molar-refractivity contribution in [3.63, 3.8) is 0 Å². The van der Waals surface area contributed by atoms with Crippen LogP contribution >= 0.6 is 0 Å². The van der Waals surface area contributed by atoms with Crippen molar-refractivity contribution in [2.24, 2.45) is 0 Å². The molecule has 0 saturated heterocycles. The highest BCUT2D eigenvalue weighted by atomic mass is 32.2. The Labute approximate surface area is 107 Å². The van der Waals surface area contributed by atoms with Crippen molar-refractivity contribution in [2.45, 2.75) is 25.2 Å². The van der Waals surface area contributed by atoms with Crippen LogP contribution < -0.4 is 0 Å². The van der Waals surface area contributed by atoms with Gasteiger partial charge in [0.15, 0.2) is 0 Å². The number of hydrogen-bond acceptors (Lipinski definition) is 3. The van der Waals surface area contributed by atoms with Crippen molar-refractivity contribution in [2.75, 3.05) is 13.1 Å². The van der Waals surface area contributed by atoms with Crippen LogP contribution in [0.25, 0.3) is 0 Å². The molecule has 0 aliphatic heterocycles. The van der Waals surface area contributed by atoms with Gasteiger partial charge in [-0.05, 0) is 30.7 Å². The molecule has 0 aliphatic carbocycles. The molecule has 0 radical (unpaired) electrons. The number of rotatable bonds is 5. The molecule has 0 saturated carbocycles. The first-order valence-electron chi connectivity index (χ1n) is 5.56. The third-order valence-electron chi connectivity index (χ3n) is 2.59. The van der Waals surface area contributed by atoms with Gasteiger partial charge in [-0.1, -0.05) is 6.92 Å². The summed E-state index contributed by atoms with van der Waals surface area (Å²) in [5.74, 6) is -0.436. The third kappa shape index (κ3) is 3.06. The van der Waals surface area contributed by atoms with Gasteiger partial charge in [-0.3, -0.25) is 0 Å². The third-order valence-corrected chi connectivity index (χ3v) is 4.56. The first-order valence-corrected chi connectivity index (χ1v) is 7.00. The summed E-state index contributed by atoms with van der Waals surface area (Å²) in [4.78, 5) is 0.0567. The zero-order valence-electron chi connectivity index (χ0n) is 10.4. The largest absolute Gasteiger partial charge is 0.243 e. The molecule has 0 aliphatic rings. The fourth-order valence-electron chi connectivity index (χ4n) is 1.55. The Kier molecular flexibility index (Phi) is 4.82. The van der Waals surface area contributed by atoms with Gasteiger partial charge < -0.3 is 0 Å². The molecular weight excluding hydrogens is 255 g/mol. The highest BCUT2D eigenvalue weighted by molar-refractivity contribution is 7.89. The quantitative estimate of drug-likeness (QED) is 0.822. The van der Waals surface area contributed by atoms with Gasteiger partial charge in [0.25, 0.3) is 0 Å². The predicted octanol–water partition coefficient (Wildman–Crippen LogP) is 2.06. The van der Waals surface area contributed by atoms with Crippen molar-refractivity contribution in [3.05, 3.63) is 29.6 Å². The van der Waals surface area contributed by atoms with E-state index in [1.54, 1.807) is 6.92 Å². The van der Waals surface area contributed by atoms with Crippen LogP contribution in [-0.4, -0.2) is 25.8 Å². The van der Waals surface area contributed by atoms with E-state index in [1.165, 1.54) is 23.4 Å². The van der Waals surface area contributed by atoms with Gasteiger partial charge in [0.2, 0.25) is 10.0 Å². The van der Waals surface area contributed by atoms with Gasteiger partial charge in [0, 0.05) is 19.5 Å². The molecule has 0 aromatic heterocycles. The Bertz CT molecular complexity index is 564. The zero-order valence-corrected chi connectivity index (χ0v) is 11.2. The van der Waals surface area contributed by atoms with E-state index < -0.39 is 15.8 Å². The molecule has 98 valence electrons. The summed E-state index contributed by atoms with van der Waals surface area (Å²) >= 11 is 0. The zero-order chi connectivity index (χ0) is 13.8. The van der Waals surface area contributed by atoms with Gasteiger partial charge in [-0.25, -0.2) is 12.8 Å². The van der Waals surface area contributed by atoms with E-state index in [4.69, 9.17) is 5.26 Å². The summed E-state index contributed by atoms with van der Waals surface area (Å²) in [6.07, 6.45) is 0.132. The minimum Gasteiger partial charge on any atom is -0.207 e. The lowest BCUT2D eigenvalue weighted by Gasteiger charge is -2.19. The van der Waals surface area contributed by atoms with Gasteiger partial charge >= 0.3 is 0 Å². The minimum absolute atomic E-state index is 0.0567. The molecule has 0 amide bonds. The number of benzene rings is 1. The van der Waals surface area contributed by atoms with E-state index in [-0.39, 0.29) is 30.0 Å². The molecular formula is C12H15FN2O2S. The van der Waals surface area contributed by atoms with Crippen LogP contribution in [0.4, 0.5) is 4.39 Å². The van der Waals surface area contributed by atoms with Crippen LogP contribution in [0.5, 0.6) is 0 Å². The Morgan fingerprint density at radius 3 is 2.61 bits per heavy atom. The lowest BCUT2D eigenvalue weighted by atomic mass is 10.2. The average Bonchev–Trinajstić information content (AvgIpc) is 2.33. The molecule has 1 aromatic rings. The first-order chi connectivity index (χ1) is 8.43. The van der Waals surface area contributed by atoms with Crippen LogP contribution in [0.2, 0.25) is 0 Å². The lowest BCUT2D eigenvalue weighted by Crippen LogP contribution is -2.31. The van der Waals surface area contributed by atoms with Crippen LogP contribution in [0.1, 0.15) is 18.9 Å². The summed E-state index contributed by atoms with van der Waals surface area (Å²) in [7, 11) is -3.65. The second-order valence-electron chi connectivity index (χ2n) is 3.82. The number of sulfonamides is 1. The van der Waals surface area contributed by atoms with Crippen molar-refractivity contribution in [3.8, 4) is 6.07 Å². The molecule has 1 rings (SSSR count). The highest BCUT2D eigenvalue weighted by Gasteiger charge is 2.23. The molecule has 1 aromatic carbocycles. The molecule has 4 nitrogen and oxygen atoms in total. The molecule has 0 N–H and O–H groups in total. The second-order valence-corrected chi connectivity index (χ2v) is 5.75. The molecule has 0 heterocycles. The number of hydrogen-bond donors (Lipinski definition) is 0. The van der Waals surface area contributed by atoms with Gasteiger partial charge in [-0.15, -0.1) is 0 Å². The lowest BCUT2D eigenvalue weighted by molar-refractivity contribution is 0.435. The summed E-state index contributed by atoms with van der Waals surface area (Å²) in [6.45, 7) is 3.64. The Morgan fingerprint density at radius 1 is 1.44 bits per heavy atom. The average molecular weight is 270 g/mol. The van der Waals surface area contributed by atoms with Crippen molar-refractivity contribution < 1.29 is 12.8 Å². The Hall–Kier alpha value is -1.45. The molecule has 0 fully saturated rings. The fraction of sp³-hybridized carbons (Fsp3) is 0.417. The number of nitriles is 1. The fourth-order valence-corrected chi connectivity index (χ4v) is 3.09. The first kappa shape index (κ1) is 14.6. The normalized spacial score (nSPS) is 11.5. The maximum absolute atomic E-state index is 13.1. The standard InChI is InChI=1S/C12H15FN2O2S/c1-3-15(8-4-7-14)18(16,17)11-5-6-12(13)10(2)9-11/h5-6,9H,3-4,8H2,1-2H3. The smallest absolute Gasteiger partial charge is 0.207 e. The summed E-state index contributed by atoms with van der Waals surface area (Å²) < 4.78 is 38.8. The van der Waals surface area contributed by atoms with Crippen LogP contribution in [0.15, 0.2) is 23.1 Å². The second kappa shape index (κ2) is 5.94. The minimum atomic E-state index is -3.65. The number of halogens is 1. The maximum atomic E-state index is 13.1. The van der Waals surface area contributed by atoms with Crippen molar-refractivity contribution >= 4 is 10.0 Å². The summed E-state index contributed by atoms with van der Waals surface area (Å²) in [5.41, 5.74) is 0.285. The number of aryl methyl sites for hydroxylation is 1. The predicted molar refractivity (Wildman–Crippen MR) is 65.8 cm³/mol. The topological polar surface area (TPSA) is 61.2 Å². The van der Waals surface area contributed by atoms with E-state index in [1.807, 2.05) is 6.07 Å². The van der Waals surface area contributed by atoms with Crippen LogP contribution in [-0.2, 0) is 10.0 Å². The molecule has 0 unspecified atom stereocenters. The van der Waals surface area contributed by atoms with Gasteiger partial charge in [0.1, 0.15) is 5.82 Å². The van der Waals surface area contributed by atoms with Crippen LogP contribution in [0.3, 0.4) is 0 Å². The maximum Gasteiger partial charge on any atom is 0.243 e. The molecule has 18 heavy (non-hydrogen) atoms. The van der Waals surface area contributed by atoms with Gasteiger partial charge in [0.05, 0.1) is 11.0 Å². The Morgan fingerprint density at radius 2 is 2.11 bits per heavy atom. The van der Waals surface area contributed by atoms with E-state index in [0.717, 1.165) is 6.07 Å². The van der Waals surface area contributed by atoms with Crippen molar-refractivity contribution in [1.82, 2.24) is 4.31 Å². The molecule has 0 atom stereocenters. The van der Waals surface area contributed by atoms with Crippen LogP contribution in [0, 0.1) is 24.1 Å². The van der Waals surface area contributed by atoms with E-state index in [0.29, 0.717) is 0 Å². The van der Waals surface area contributed by atoms with E-state index in [9.17, 15) is 12.8 Å². The van der Waals surface area contributed by atoms with Gasteiger partial charge in [-0.2, -0.15) is 9.57 Å². The summed E-state index contributed by atoms with van der Waals surface area (Å²) in [6, 6.07) is 5.60. The SMILES string of the molecule is CCN(CCC#N)S(=O)(=O)c1ccc(F)c(C)c1. The molecule has 0 spiro atoms. The Balaban J connectivity index is 3.11. The molecule has 0 bridgehead atoms. The summed E-state index contributed by atoms with van der Waals surface area (Å²) in [5, 5.41) is 8.51. The van der Waals surface area contributed by atoms with E-state index in [2.05, 4.69) is 0 Å². The highest BCUT2D eigenvalue weighted by Crippen LogP contribution is 2.18. The van der Waals surface area contributed by atoms with Crippen molar-refractivity contribution in [1.29, 1.82) is 5.26 Å². The number of nitrogens with zero attached hydrogens (tertiary/aromatic N) is 2. The molecule has 6 heteroatoms.